The molecule has 1 atom stereocenters. The van der Waals surface area contributed by atoms with Gasteiger partial charge in [-0.15, -0.1) is 0 Å². The minimum absolute atomic E-state index is 0.371. The van der Waals surface area contributed by atoms with E-state index in [2.05, 4.69) is 14.9 Å². The number of nitrogens with zero attached hydrogens (tertiary/aromatic N) is 2. The van der Waals surface area contributed by atoms with Crippen LogP contribution in [0.1, 0.15) is 5.56 Å². The van der Waals surface area contributed by atoms with Crippen LogP contribution in [-0.2, 0) is 14.8 Å². The van der Waals surface area contributed by atoms with Crippen LogP contribution >= 0.6 is 0 Å². The van der Waals surface area contributed by atoms with Crippen LogP contribution in [0.5, 0.6) is 0 Å². The largest absolute Gasteiger partial charge is 0.394 e. The summed E-state index contributed by atoms with van der Waals surface area (Å²) in [5, 5.41) is 30.5. The highest BCUT2D eigenvalue weighted by molar-refractivity contribution is 7.93. The average molecular weight is 410 g/mol. The third kappa shape index (κ3) is 7.20. The molecule has 1 aliphatic heterocycles. The molecule has 1 heterocycles. The first-order valence-electron chi connectivity index (χ1n) is 8.99. The molecule has 0 bridgehead atoms. The Kier molecular flexibility index (Phi) is 8.85. The fourth-order valence-corrected chi connectivity index (χ4v) is 3.53. The summed E-state index contributed by atoms with van der Waals surface area (Å²) in [4.78, 5) is 1.85. The second-order valence-electron chi connectivity index (χ2n) is 6.31. The Morgan fingerprint density at radius 3 is 2.61 bits per heavy atom. The van der Waals surface area contributed by atoms with Crippen LogP contribution < -0.4 is 10.0 Å². The number of morpholine rings is 1. The Hall–Kier alpha value is -2.00. The number of rotatable bonds is 10. The van der Waals surface area contributed by atoms with Gasteiger partial charge in [-0.1, -0.05) is 12.1 Å². The lowest BCUT2D eigenvalue weighted by atomic mass is 10.2. The van der Waals surface area contributed by atoms with Crippen molar-refractivity contribution in [3.05, 3.63) is 34.7 Å². The Balaban J connectivity index is 1.92. The molecule has 1 aromatic rings. The molecule has 2 rings (SSSR count). The number of aliphatic hydroxyl groups excluding tert-OH is 2. The van der Waals surface area contributed by atoms with E-state index in [1.54, 1.807) is 18.2 Å². The van der Waals surface area contributed by atoms with Gasteiger partial charge in [-0.2, -0.15) is 5.26 Å². The molecule has 1 unspecified atom stereocenters. The molecule has 10 heteroatoms. The van der Waals surface area contributed by atoms with Gasteiger partial charge in [0.05, 0.1) is 25.9 Å². The van der Waals surface area contributed by atoms with Gasteiger partial charge >= 0.3 is 0 Å². The summed E-state index contributed by atoms with van der Waals surface area (Å²) in [7, 11) is -4.07. The number of nitrogens with one attached hydrogen (secondary N) is 2. The van der Waals surface area contributed by atoms with Gasteiger partial charge in [0.15, 0.2) is 4.91 Å². The topological polar surface area (TPSA) is 135 Å². The van der Waals surface area contributed by atoms with Crippen molar-refractivity contribution in [1.82, 2.24) is 9.62 Å². The Morgan fingerprint density at radius 1 is 1.32 bits per heavy atom. The predicted molar refractivity (Wildman–Crippen MR) is 106 cm³/mol. The highest BCUT2D eigenvalue weighted by Gasteiger charge is 2.18. The van der Waals surface area contributed by atoms with E-state index in [4.69, 9.17) is 15.1 Å². The van der Waals surface area contributed by atoms with E-state index in [9.17, 15) is 13.5 Å². The second kappa shape index (κ2) is 11.1. The predicted octanol–water partition coefficient (Wildman–Crippen LogP) is -0.432. The van der Waals surface area contributed by atoms with Gasteiger partial charge in [0.25, 0.3) is 10.0 Å². The summed E-state index contributed by atoms with van der Waals surface area (Å²) in [6, 6.07) is 8.71. The third-order valence-corrected chi connectivity index (χ3v) is 5.52. The number of benzene rings is 1. The summed E-state index contributed by atoms with van der Waals surface area (Å²) in [5.74, 6) is 0. The lowest BCUT2D eigenvalue weighted by Crippen LogP contribution is -2.38. The molecule has 0 amide bonds. The molecule has 4 N–H and O–H groups in total. The fourth-order valence-electron chi connectivity index (χ4n) is 2.55. The molecule has 1 aromatic carbocycles. The molecule has 154 valence electrons. The maximum atomic E-state index is 12.1. The van der Waals surface area contributed by atoms with Crippen LogP contribution in [-0.4, -0.2) is 82.2 Å². The van der Waals surface area contributed by atoms with Gasteiger partial charge in [-0.3, -0.25) is 4.90 Å². The lowest BCUT2D eigenvalue weighted by molar-refractivity contribution is 0.0398. The van der Waals surface area contributed by atoms with E-state index in [1.165, 1.54) is 6.08 Å². The van der Waals surface area contributed by atoms with E-state index < -0.39 is 27.6 Å². The molecule has 0 spiro atoms. The first-order chi connectivity index (χ1) is 13.4. The van der Waals surface area contributed by atoms with Crippen LogP contribution in [0.3, 0.4) is 0 Å². The second-order valence-corrected chi connectivity index (χ2v) is 8.05. The van der Waals surface area contributed by atoms with Crippen molar-refractivity contribution < 1.29 is 23.4 Å². The maximum Gasteiger partial charge on any atom is 0.250 e. The molecule has 28 heavy (non-hydrogen) atoms. The number of hydrogen-bond donors (Lipinski definition) is 4. The Morgan fingerprint density at radius 2 is 2.00 bits per heavy atom. The van der Waals surface area contributed by atoms with Crippen molar-refractivity contribution in [2.45, 2.75) is 6.10 Å². The quantitative estimate of drug-likeness (QED) is 0.382. The number of allylic oxidation sites excluding steroid dienone is 1. The van der Waals surface area contributed by atoms with E-state index >= 15 is 0 Å². The molecule has 0 aliphatic carbocycles. The van der Waals surface area contributed by atoms with Crippen LogP contribution in [0.15, 0.2) is 29.2 Å². The molecular formula is C18H26N4O5S. The molecule has 1 fully saturated rings. The van der Waals surface area contributed by atoms with Gasteiger partial charge in [-0.25, -0.2) is 13.1 Å². The number of aliphatic hydroxyl groups is 2. The zero-order valence-corrected chi connectivity index (χ0v) is 16.4. The molecular weight excluding hydrogens is 384 g/mol. The van der Waals surface area contributed by atoms with Crippen molar-refractivity contribution in [3.63, 3.8) is 0 Å². The molecule has 0 saturated carbocycles. The summed E-state index contributed by atoms with van der Waals surface area (Å²) in [5.41, 5.74) is 1.46. The van der Waals surface area contributed by atoms with E-state index in [0.29, 0.717) is 5.56 Å². The zero-order chi connectivity index (χ0) is 20.4. The average Bonchev–Trinajstić information content (AvgIpc) is 2.72. The maximum absolute atomic E-state index is 12.1. The van der Waals surface area contributed by atoms with Crippen LogP contribution in [0, 0.1) is 11.3 Å². The minimum atomic E-state index is -4.07. The number of hydrogen-bond acceptors (Lipinski definition) is 8. The van der Waals surface area contributed by atoms with Crippen molar-refractivity contribution >= 4 is 21.8 Å². The monoisotopic (exact) mass is 410 g/mol. The highest BCUT2D eigenvalue weighted by Crippen LogP contribution is 2.15. The Labute approximate surface area is 165 Å². The minimum Gasteiger partial charge on any atom is -0.394 e. The third-order valence-electron chi connectivity index (χ3n) is 4.19. The number of sulfonamides is 1. The number of ether oxygens (including phenoxy) is 1. The van der Waals surface area contributed by atoms with Crippen LogP contribution in [0.2, 0.25) is 0 Å². The highest BCUT2D eigenvalue weighted by atomic mass is 32.2. The van der Waals surface area contributed by atoms with Gasteiger partial charge in [0.1, 0.15) is 6.07 Å². The van der Waals surface area contributed by atoms with Crippen molar-refractivity contribution in [2.75, 3.05) is 57.9 Å². The summed E-state index contributed by atoms with van der Waals surface area (Å²) in [6.45, 7) is 4.13. The fraction of sp³-hybridized carbons (Fsp3) is 0.500. The normalized spacial score (nSPS) is 17.1. The Bertz CT molecular complexity index is 783. The van der Waals surface area contributed by atoms with E-state index in [1.807, 2.05) is 12.1 Å². The van der Waals surface area contributed by atoms with Crippen molar-refractivity contribution in [2.24, 2.45) is 0 Å². The molecule has 9 nitrogen and oxygen atoms in total. The number of nitriles is 1. The van der Waals surface area contributed by atoms with Gasteiger partial charge in [-0.05, 0) is 23.8 Å². The standard InChI is InChI=1S/C18H26N4O5S/c19-12-18(28(25,26)21-13-17(24)14-23)11-15-1-3-16(4-2-15)20-5-6-22-7-9-27-10-8-22/h1-4,11,17,20-21,23-24H,5-10,13-14H2/b18-11+. The molecule has 0 radical (unpaired) electrons. The van der Waals surface area contributed by atoms with Gasteiger partial charge in [0.2, 0.25) is 0 Å². The van der Waals surface area contributed by atoms with E-state index in [-0.39, 0.29) is 6.54 Å². The van der Waals surface area contributed by atoms with E-state index in [0.717, 1.165) is 45.1 Å². The molecule has 1 saturated heterocycles. The lowest BCUT2D eigenvalue weighted by Gasteiger charge is -2.26. The first-order valence-corrected chi connectivity index (χ1v) is 10.5. The zero-order valence-electron chi connectivity index (χ0n) is 15.5. The first kappa shape index (κ1) is 22.3. The van der Waals surface area contributed by atoms with Crippen LogP contribution in [0.25, 0.3) is 6.08 Å². The van der Waals surface area contributed by atoms with Crippen LogP contribution in [0.4, 0.5) is 5.69 Å². The summed E-state index contributed by atoms with van der Waals surface area (Å²) in [6.07, 6.45) is 0.0306. The number of anilines is 1. The summed E-state index contributed by atoms with van der Waals surface area (Å²) >= 11 is 0. The van der Waals surface area contributed by atoms with Crippen molar-refractivity contribution in [3.8, 4) is 6.07 Å². The molecule has 1 aliphatic rings. The SMILES string of the molecule is N#C/C(=C\c1ccc(NCCN2CCOCC2)cc1)S(=O)(=O)NCC(O)CO. The molecule has 0 aromatic heterocycles. The van der Waals surface area contributed by atoms with Gasteiger partial charge < -0.3 is 20.3 Å². The smallest absolute Gasteiger partial charge is 0.250 e. The van der Waals surface area contributed by atoms with Gasteiger partial charge in [0, 0.05) is 38.4 Å². The van der Waals surface area contributed by atoms with Crippen molar-refractivity contribution in [1.29, 1.82) is 5.26 Å². The summed E-state index contributed by atoms with van der Waals surface area (Å²) < 4.78 is 31.7.